The van der Waals surface area contributed by atoms with Crippen molar-refractivity contribution in [3.05, 3.63) is 72.5 Å². The van der Waals surface area contributed by atoms with E-state index in [-0.39, 0.29) is 0 Å². The van der Waals surface area contributed by atoms with Gasteiger partial charge in [-0.25, -0.2) is 0 Å². The second kappa shape index (κ2) is 6.87. The van der Waals surface area contributed by atoms with Crippen molar-refractivity contribution in [3.8, 4) is 28.2 Å². The molecule has 0 fully saturated rings. The maximum atomic E-state index is 11.0. The van der Waals surface area contributed by atoms with Gasteiger partial charge in [0.15, 0.2) is 0 Å². The number of methoxy groups -OCH3 is 1. The van der Waals surface area contributed by atoms with Crippen molar-refractivity contribution in [2.24, 2.45) is 5.73 Å². The number of furan rings is 1. The fraction of sp³-hybridized carbons (Fsp3) is 0.0500. The summed E-state index contributed by atoms with van der Waals surface area (Å²) in [6, 6.07) is 19.4. The summed E-state index contributed by atoms with van der Waals surface area (Å²) < 4.78 is 11.1. The Balaban J connectivity index is 2.09. The number of primary amides is 1. The Morgan fingerprint density at radius 3 is 2.38 bits per heavy atom. The Labute approximate surface area is 140 Å². The molecule has 0 aliphatic rings. The first kappa shape index (κ1) is 15.6. The van der Waals surface area contributed by atoms with E-state index in [1.54, 1.807) is 13.2 Å². The van der Waals surface area contributed by atoms with Crippen LogP contribution >= 0.6 is 0 Å². The summed E-state index contributed by atoms with van der Waals surface area (Å²) in [6.07, 6.45) is 2.85. The number of ether oxygens (including phenoxy) is 1. The van der Waals surface area contributed by atoms with Crippen LogP contribution in [0, 0.1) is 0 Å². The summed E-state index contributed by atoms with van der Waals surface area (Å²) in [5, 5.41) is 0. The molecule has 0 spiro atoms. The number of hydrogen-bond acceptors (Lipinski definition) is 3. The van der Waals surface area contributed by atoms with Gasteiger partial charge in [0.1, 0.15) is 17.3 Å². The van der Waals surface area contributed by atoms with Gasteiger partial charge in [0, 0.05) is 17.2 Å². The van der Waals surface area contributed by atoms with E-state index in [1.165, 1.54) is 6.08 Å². The molecule has 4 heteroatoms. The van der Waals surface area contributed by atoms with Gasteiger partial charge < -0.3 is 14.9 Å². The van der Waals surface area contributed by atoms with Crippen LogP contribution < -0.4 is 10.5 Å². The van der Waals surface area contributed by atoms with Crippen LogP contribution in [0.2, 0.25) is 0 Å². The van der Waals surface area contributed by atoms with Crippen molar-refractivity contribution in [2.45, 2.75) is 0 Å². The highest BCUT2D eigenvalue weighted by Crippen LogP contribution is 2.36. The van der Waals surface area contributed by atoms with Crippen molar-refractivity contribution >= 4 is 12.0 Å². The zero-order valence-electron chi connectivity index (χ0n) is 13.2. The second-order valence-corrected chi connectivity index (χ2v) is 5.22. The minimum absolute atomic E-state index is 0.515. The third kappa shape index (κ3) is 3.38. The minimum Gasteiger partial charge on any atom is -0.497 e. The number of hydrogen-bond donors (Lipinski definition) is 1. The molecule has 0 unspecified atom stereocenters. The molecule has 2 aromatic carbocycles. The molecule has 0 radical (unpaired) electrons. The van der Waals surface area contributed by atoms with Crippen LogP contribution in [0.4, 0.5) is 0 Å². The largest absolute Gasteiger partial charge is 0.497 e. The van der Waals surface area contributed by atoms with E-state index in [4.69, 9.17) is 14.9 Å². The number of benzene rings is 2. The highest BCUT2D eigenvalue weighted by Gasteiger charge is 2.14. The number of rotatable bonds is 5. The lowest BCUT2D eigenvalue weighted by Gasteiger charge is -2.04. The fourth-order valence-electron chi connectivity index (χ4n) is 2.45. The van der Waals surface area contributed by atoms with Crippen molar-refractivity contribution in [1.29, 1.82) is 0 Å². The van der Waals surface area contributed by atoms with Gasteiger partial charge >= 0.3 is 0 Å². The van der Waals surface area contributed by atoms with Crippen molar-refractivity contribution in [1.82, 2.24) is 0 Å². The van der Waals surface area contributed by atoms with Gasteiger partial charge in [-0.05, 0) is 29.8 Å². The Morgan fingerprint density at radius 2 is 1.75 bits per heavy atom. The maximum absolute atomic E-state index is 11.0. The van der Waals surface area contributed by atoms with Gasteiger partial charge in [-0.1, -0.05) is 42.5 Å². The van der Waals surface area contributed by atoms with Crippen LogP contribution in [-0.4, -0.2) is 13.0 Å². The number of carbonyl (C=O) groups excluding carboxylic acids is 1. The molecule has 0 aliphatic heterocycles. The number of nitrogens with two attached hydrogens (primary N) is 1. The lowest BCUT2D eigenvalue weighted by molar-refractivity contribution is -0.113. The van der Waals surface area contributed by atoms with Crippen LogP contribution in [0.1, 0.15) is 5.76 Å². The molecule has 0 saturated heterocycles. The molecular weight excluding hydrogens is 302 g/mol. The first-order valence-electron chi connectivity index (χ1n) is 7.48. The molecule has 24 heavy (non-hydrogen) atoms. The van der Waals surface area contributed by atoms with Crippen molar-refractivity contribution < 1.29 is 13.9 Å². The summed E-state index contributed by atoms with van der Waals surface area (Å²) in [7, 11) is 1.63. The SMILES string of the molecule is COc1ccc(-c2cc(/C=C/C(N)=O)oc2-c2ccccc2)cc1. The lowest BCUT2D eigenvalue weighted by atomic mass is 10.0. The quantitative estimate of drug-likeness (QED) is 0.719. The van der Waals surface area contributed by atoms with Gasteiger partial charge in [-0.2, -0.15) is 0 Å². The van der Waals surface area contributed by atoms with Gasteiger partial charge in [0.25, 0.3) is 0 Å². The number of amides is 1. The van der Waals surface area contributed by atoms with Crippen LogP contribution in [-0.2, 0) is 4.79 Å². The van der Waals surface area contributed by atoms with E-state index in [1.807, 2.05) is 60.7 Å². The minimum atomic E-state index is -0.515. The molecule has 0 atom stereocenters. The van der Waals surface area contributed by atoms with Crippen molar-refractivity contribution in [3.63, 3.8) is 0 Å². The highest BCUT2D eigenvalue weighted by atomic mass is 16.5. The molecular formula is C20H17NO3. The summed E-state index contributed by atoms with van der Waals surface area (Å²) in [6.45, 7) is 0. The molecule has 0 saturated carbocycles. The zero-order valence-corrected chi connectivity index (χ0v) is 13.2. The smallest absolute Gasteiger partial charge is 0.241 e. The van der Waals surface area contributed by atoms with E-state index in [0.29, 0.717) is 5.76 Å². The van der Waals surface area contributed by atoms with E-state index >= 15 is 0 Å². The van der Waals surface area contributed by atoms with Crippen LogP contribution in [0.3, 0.4) is 0 Å². The third-order valence-corrected chi connectivity index (χ3v) is 3.60. The highest BCUT2D eigenvalue weighted by molar-refractivity contribution is 5.90. The Hall–Kier alpha value is -3.27. The first-order valence-corrected chi connectivity index (χ1v) is 7.48. The molecule has 3 aromatic rings. The van der Waals surface area contributed by atoms with Crippen LogP contribution in [0.15, 0.2) is 71.2 Å². The summed E-state index contributed by atoms with van der Waals surface area (Å²) >= 11 is 0. The normalized spacial score (nSPS) is 10.9. The van der Waals surface area contributed by atoms with Gasteiger partial charge in [-0.15, -0.1) is 0 Å². The monoisotopic (exact) mass is 319 g/mol. The summed E-state index contributed by atoms with van der Waals surface area (Å²) in [4.78, 5) is 11.0. The Morgan fingerprint density at radius 1 is 1.04 bits per heavy atom. The van der Waals surface area contributed by atoms with Gasteiger partial charge in [0.05, 0.1) is 7.11 Å². The van der Waals surface area contributed by atoms with E-state index in [2.05, 4.69) is 0 Å². The van der Waals surface area contributed by atoms with E-state index in [9.17, 15) is 4.79 Å². The maximum Gasteiger partial charge on any atom is 0.241 e. The second-order valence-electron chi connectivity index (χ2n) is 5.22. The van der Waals surface area contributed by atoms with E-state index in [0.717, 1.165) is 28.2 Å². The molecule has 1 heterocycles. The predicted octanol–water partition coefficient (Wildman–Crippen LogP) is 4.12. The lowest BCUT2D eigenvalue weighted by Crippen LogP contribution is -2.04. The van der Waals surface area contributed by atoms with Crippen LogP contribution in [0.5, 0.6) is 5.75 Å². The molecule has 4 nitrogen and oxygen atoms in total. The first-order chi connectivity index (χ1) is 11.7. The van der Waals surface area contributed by atoms with Crippen LogP contribution in [0.25, 0.3) is 28.5 Å². The third-order valence-electron chi connectivity index (χ3n) is 3.60. The molecule has 1 aromatic heterocycles. The average molecular weight is 319 g/mol. The zero-order chi connectivity index (χ0) is 16.9. The molecule has 3 rings (SSSR count). The number of carbonyl (C=O) groups is 1. The van der Waals surface area contributed by atoms with Crippen molar-refractivity contribution in [2.75, 3.05) is 7.11 Å². The molecule has 2 N–H and O–H groups in total. The average Bonchev–Trinajstić information content (AvgIpc) is 3.05. The predicted molar refractivity (Wildman–Crippen MR) is 94.4 cm³/mol. The standard InChI is InChI=1S/C20H17NO3/c1-23-16-9-7-14(8-10-16)18-13-17(11-12-19(21)22)24-20(18)15-5-3-2-4-6-15/h2-13H,1H3,(H2,21,22)/b12-11+. The molecule has 0 aliphatic carbocycles. The topological polar surface area (TPSA) is 65.5 Å². The molecule has 0 bridgehead atoms. The summed E-state index contributed by atoms with van der Waals surface area (Å²) in [5.74, 6) is 1.58. The molecule has 1 amide bonds. The van der Waals surface area contributed by atoms with E-state index < -0.39 is 5.91 Å². The van der Waals surface area contributed by atoms with Gasteiger partial charge in [0.2, 0.25) is 5.91 Å². The Bertz CT molecular complexity index is 862. The van der Waals surface area contributed by atoms with Gasteiger partial charge in [-0.3, -0.25) is 4.79 Å². The summed E-state index contributed by atoms with van der Waals surface area (Å²) in [5.41, 5.74) is 8.05. The Kier molecular flexibility index (Phi) is 4.47. The molecule has 120 valence electrons. The fourth-order valence-corrected chi connectivity index (χ4v) is 2.45.